The molecule has 0 spiro atoms. The number of aromatic nitrogens is 3. The number of carbonyl (C=O) groups is 1. The molecule has 0 aliphatic rings. The molecule has 110 valence electrons. The van der Waals surface area contributed by atoms with Crippen molar-refractivity contribution >= 4 is 23.0 Å². The van der Waals surface area contributed by atoms with Gasteiger partial charge in [0.1, 0.15) is 23.5 Å². The molecule has 0 aliphatic heterocycles. The van der Waals surface area contributed by atoms with Gasteiger partial charge in [-0.05, 0) is 18.2 Å². The largest absolute Gasteiger partial charge is 0.438 e. The molecule has 1 aromatic carbocycles. The Morgan fingerprint density at radius 2 is 2.23 bits per heavy atom. The maximum Gasteiger partial charge on any atom is 0.241 e. The molecule has 0 saturated carbocycles. The van der Waals surface area contributed by atoms with Gasteiger partial charge < -0.3 is 15.5 Å². The summed E-state index contributed by atoms with van der Waals surface area (Å²) in [4.78, 5) is 21.9. The topological polar surface area (TPSA) is 93.9 Å². The molecule has 3 aromatic rings. The number of hydrogen-bond donors (Lipinski definition) is 2. The van der Waals surface area contributed by atoms with Crippen LogP contribution in [0.1, 0.15) is 5.56 Å². The maximum atomic E-state index is 13.2. The van der Waals surface area contributed by atoms with E-state index in [0.717, 1.165) is 0 Å². The second-order valence-electron chi connectivity index (χ2n) is 4.44. The Hall–Kier alpha value is -3.22. The van der Waals surface area contributed by atoms with Gasteiger partial charge in [-0.3, -0.25) is 4.79 Å². The highest BCUT2D eigenvalue weighted by Gasteiger charge is 2.12. The van der Waals surface area contributed by atoms with Gasteiger partial charge in [-0.15, -0.1) is 0 Å². The minimum Gasteiger partial charge on any atom is -0.438 e. The van der Waals surface area contributed by atoms with Crippen LogP contribution in [0, 0.1) is 5.82 Å². The van der Waals surface area contributed by atoms with E-state index in [4.69, 9.17) is 10.5 Å². The van der Waals surface area contributed by atoms with Crippen LogP contribution in [0.5, 0.6) is 11.6 Å². The minimum absolute atomic E-state index is 0.251. The van der Waals surface area contributed by atoms with Crippen LogP contribution in [0.2, 0.25) is 0 Å². The highest BCUT2D eigenvalue weighted by molar-refractivity contribution is 5.96. The van der Waals surface area contributed by atoms with Crippen LogP contribution in [0.25, 0.3) is 17.1 Å². The molecule has 2 heterocycles. The highest BCUT2D eigenvalue weighted by atomic mass is 19.1. The van der Waals surface area contributed by atoms with E-state index in [1.807, 2.05) is 0 Å². The number of hydrogen-bond acceptors (Lipinski definition) is 4. The van der Waals surface area contributed by atoms with Crippen LogP contribution in [0.15, 0.2) is 42.9 Å². The molecule has 22 heavy (non-hydrogen) atoms. The van der Waals surface area contributed by atoms with Crippen molar-refractivity contribution in [2.75, 3.05) is 0 Å². The zero-order valence-electron chi connectivity index (χ0n) is 11.3. The Bertz CT molecular complexity index is 873. The predicted octanol–water partition coefficient (Wildman–Crippen LogP) is 2.39. The molecule has 6 nitrogen and oxygen atoms in total. The van der Waals surface area contributed by atoms with E-state index < -0.39 is 11.7 Å². The van der Waals surface area contributed by atoms with Crippen molar-refractivity contribution in [3.63, 3.8) is 0 Å². The second kappa shape index (κ2) is 5.65. The third-order valence-corrected chi connectivity index (χ3v) is 2.90. The fourth-order valence-electron chi connectivity index (χ4n) is 1.98. The third-order valence-electron chi connectivity index (χ3n) is 2.90. The summed E-state index contributed by atoms with van der Waals surface area (Å²) >= 11 is 0. The molecule has 0 atom stereocenters. The van der Waals surface area contributed by atoms with Crippen molar-refractivity contribution in [1.82, 2.24) is 15.0 Å². The molecular formula is C15H11FN4O2. The molecule has 3 rings (SSSR count). The van der Waals surface area contributed by atoms with E-state index in [9.17, 15) is 9.18 Å². The molecule has 1 amide bonds. The summed E-state index contributed by atoms with van der Waals surface area (Å²) in [5, 5.41) is 0.573. The Kier molecular flexibility index (Phi) is 3.53. The number of nitrogens with one attached hydrogen (secondary N) is 1. The molecule has 0 radical (unpaired) electrons. The van der Waals surface area contributed by atoms with Crippen LogP contribution in [0.4, 0.5) is 4.39 Å². The number of carbonyl (C=O) groups excluding carboxylic acids is 1. The summed E-state index contributed by atoms with van der Waals surface area (Å²) in [7, 11) is 0. The summed E-state index contributed by atoms with van der Waals surface area (Å²) in [5.41, 5.74) is 6.26. The van der Waals surface area contributed by atoms with Crippen molar-refractivity contribution in [2.24, 2.45) is 5.73 Å². The van der Waals surface area contributed by atoms with Gasteiger partial charge >= 0.3 is 0 Å². The van der Waals surface area contributed by atoms with Gasteiger partial charge in [-0.25, -0.2) is 14.4 Å². The van der Waals surface area contributed by atoms with Crippen LogP contribution < -0.4 is 10.5 Å². The lowest BCUT2D eigenvalue weighted by atomic mass is 10.2. The Labute approximate surface area is 124 Å². The van der Waals surface area contributed by atoms with Gasteiger partial charge in [0.2, 0.25) is 11.8 Å². The number of aromatic amines is 1. The van der Waals surface area contributed by atoms with Gasteiger partial charge in [-0.2, -0.15) is 0 Å². The number of primary amides is 1. The molecule has 3 N–H and O–H groups in total. The number of H-pyrrole nitrogens is 1. The number of ether oxygens (including phenoxy) is 1. The van der Waals surface area contributed by atoms with Crippen molar-refractivity contribution in [3.05, 3.63) is 54.2 Å². The fraction of sp³-hybridized carbons (Fsp3) is 0. The average molecular weight is 298 g/mol. The Morgan fingerprint density at radius 3 is 3.00 bits per heavy atom. The lowest BCUT2D eigenvalue weighted by Gasteiger charge is -2.06. The fourth-order valence-corrected chi connectivity index (χ4v) is 1.98. The first-order chi connectivity index (χ1) is 10.6. The molecular weight excluding hydrogens is 287 g/mol. The molecule has 2 aromatic heterocycles. The number of benzene rings is 1. The summed E-state index contributed by atoms with van der Waals surface area (Å²) in [6, 6.07) is 5.72. The molecule has 0 saturated heterocycles. The SMILES string of the molecule is NC(=O)/C=C/c1c[nH]c2ncnc(Oc3cccc(F)c3)c12. The first kappa shape index (κ1) is 13.7. The molecule has 7 heteroatoms. The Morgan fingerprint density at radius 1 is 1.36 bits per heavy atom. The van der Waals surface area contributed by atoms with E-state index in [1.165, 1.54) is 36.7 Å². The zero-order chi connectivity index (χ0) is 15.5. The van der Waals surface area contributed by atoms with Gasteiger partial charge in [0.05, 0.1) is 5.39 Å². The van der Waals surface area contributed by atoms with Crippen LogP contribution in [-0.4, -0.2) is 20.9 Å². The monoisotopic (exact) mass is 298 g/mol. The Balaban J connectivity index is 2.05. The van der Waals surface area contributed by atoms with Crippen LogP contribution in [0.3, 0.4) is 0 Å². The van der Waals surface area contributed by atoms with E-state index in [1.54, 1.807) is 12.3 Å². The second-order valence-corrected chi connectivity index (χ2v) is 4.44. The smallest absolute Gasteiger partial charge is 0.241 e. The summed E-state index contributed by atoms with van der Waals surface area (Å²) in [5.74, 6) is -0.420. The van der Waals surface area contributed by atoms with Gasteiger partial charge in [0.25, 0.3) is 0 Å². The summed E-state index contributed by atoms with van der Waals surface area (Å²) in [6.07, 6.45) is 5.73. The number of nitrogens with two attached hydrogens (primary N) is 1. The standard InChI is InChI=1S/C15H11FN4O2/c16-10-2-1-3-11(6-10)22-15-13-9(4-5-12(17)21)7-18-14(13)19-8-20-15/h1-8H,(H2,17,21)(H,18,19,20)/b5-4+. The number of fused-ring (bicyclic) bond motifs is 1. The predicted molar refractivity (Wildman–Crippen MR) is 78.6 cm³/mol. The summed E-state index contributed by atoms with van der Waals surface area (Å²) < 4.78 is 18.8. The normalized spacial score (nSPS) is 11.1. The van der Waals surface area contributed by atoms with Crippen molar-refractivity contribution in [3.8, 4) is 11.6 Å². The number of nitrogens with zero attached hydrogens (tertiary/aromatic N) is 2. The number of halogens is 1. The molecule has 0 unspecified atom stereocenters. The number of rotatable bonds is 4. The first-order valence-corrected chi connectivity index (χ1v) is 6.36. The third kappa shape index (κ3) is 2.78. The highest BCUT2D eigenvalue weighted by Crippen LogP contribution is 2.30. The zero-order valence-corrected chi connectivity index (χ0v) is 11.3. The minimum atomic E-state index is -0.571. The van der Waals surface area contributed by atoms with E-state index in [-0.39, 0.29) is 5.88 Å². The lowest BCUT2D eigenvalue weighted by Crippen LogP contribution is -2.05. The van der Waals surface area contributed by atoms with Gasteiger partial charge in [0, 0.05) is 23.9 Å². The molecule has 0 aliphatic carbocycles. The summed E-state index contributed by atoms with van der Waals surface area (Å²) in [6.45, 7) is 0. The average Bonchev–Trinajstić information content (AvgIpc) is 2.89. The van der Waals surface area contributed by atoms with Crippen molar-refractivity contribution < 1.29 is 13.9 Å². The van der Waals surface area contributed by atoms with Crippen LogP contribution >= 0.6 is 0 Å². The number of amides is 1. The van der Waals surface area contributed by atoms with Crippen LogP contribution in [-0.2, 0) is 4.79 Å². The van der Waals surface area contributed by atoms with E-state index in [0.29, 0.717) is 22.3 Å². The van der Waals surface area contributed by atoms with Gasteiger partial charge in [0.15, 0.2) is 0 Å². The van der Waals surface area contributed by atoms with Crippen molar-refractivity contribution in [2.45, 2.75) is 0 Å². The quantitative estimate of drug-likeness (QED) is 0.723. The van der Waals surface area contributed by atoms with Crippen molar-refractivity contribution in [1.29, 1.82) is 0 Å². The van der Waals surface area contributed by atoms with E-state index >= 15 is 0 Å². The first-order valence-electron chi connectivity index (χ1n) is 6.36. The van der Waals surface area contributed by atoms with E-state index in [2.05, 4.69) is 15.0 Å². The van der Waals surface area contributed by atoms with Gasteiger partial charge in [-0.1, -0.05) is 6.07 Å². The molecule has 0 bridgehead atoms. The molecule has 0 fully saturated rings. The lowest BCUT2D eigenvalue weighted by molar-refractivity contribution is -0.113. The maximum absolute atomic E-state index is 13.2.